The van der Waals surface area contributed by atoms with Crippen LogP contribution < -0.4 is 5.32 Å². The fraction of sp³-hybridized carbons (Fsp3) is 0.278. The second-order valence-corrected chi connectivity index (χ2v) is 5.44. The standard InChI is InChI=1S/C18H22N2O2/c1-14(12-15-8-5-4-6-9-15)18(21)19-13-16(20(2)3)17-10-7-11-22-17/h4-12,16H,13H2,1-3H3,(H,19,21)/b14-12+. The zero-order chi connectivity index (χ0) is 15.9. The average molecular weight is 298 g/mol. The van der Waals surface area contributed by atoms with Crippen LogP contribution in [0.2, 0.25) is 0 Å². The molecule has 22 heavy (non-hydrogen) atoms. The van der Waals surface area contributed by atoms with E-state index in [1.807, 2.05) is 74.5 Å². The van der Waals surface area contributed by atoms with Crippen LogP contribution in [0.3, 0.4) is 0 Å². The summed E-state index contributed by atoms with van der Waals surface area (Å²) < 4.78 is 5.44. The van der Waals surface area contributed by atoms with E-state index in [1.54, 1.807) is 6.26 Å². The first-order valence-corrected chi connectivity index (χ1v) is 7.29. The van der Waals surface area contributed by atoms with Crippen LogP contribution in [0.4, 0.5) is 0 Å². The molecule has 4 heteroatoms. The molecule has 1 aromatic carbocycles. The number of furan rings is 1. The Hall–Kier alpha value is -2.33. The highest BCUT2D eigenvalue weighted by Crippen LogP contribution is 2.17. The first-order chi connectivity index (χ1) is 10.6. The van der Waals surface area contributed by atoms with Crippen LogP contribution >= 0.6 is 0 Å². The Kier molecular flexibility index (Phi) is 5.55. The molecule has 116 valence electrons. The Morgan fingerprint density at radius 3 is 2.55 bits per heavy atom. The number of rotatable bonds is 6. The number of benzene rings is 1. The van der Waals surface area contributed by atoms with Gasteiger partial charge in [0.05, 0.1) is 12.3 Å². The van der Waals surface area contributed by atoms with Crippen molar-refractivity contribution in [2.45, 2.75) is 13.0 Å². The van der Waals surface area contributed by atoms with Crippen molar-refractivity contribution in [3.8, 4) is 0 Å². The number of nitrogens with zero attached hydrogens (tertiary/aromatic N) is 1. The second kappa shape index (κ2) is 7.61. The van der Waals surface area contributed by atoms with Gasteiger partial charge in [-0.25, -0.2) is 0 Å². The molecule has 1 aromatic heterocycles. The van der Waals surface area contributed by atoms with Crippen LogP contribution in [0.25, 0.3) is 6.08 Å². The lowest BCUT2D eigenvalue weighted by atomic mass is 10.1. The van der Waals surface area contributed by atoms with Crippen molar-refractivity contribution >= 4 is 12.0 Å². The van der Waals surface area contributed by atoms with Gasteiger partial charge in [-0.3, -0.25) is 9.69 Å². The molecule has 2 rings (SSSR count). The van der Waals surface area contributed by atoms with Gasteiger partial charge in [0.25, 0.3) is 0 Å². The summed E-state index contributed by atoms with van der Waals surface area (Å²) in [5.74, 6) is 0.775. The SMILES string of the molecule is C/C(=C\c1ccccc1)C(=O)NCC(c1ccco1)N(C)C. The molecule has 1 N–H and O–H groups in total. The summed E-state index contributed by atoms with van der Waals surface area (Å²) >= 11 is 0. The zero-order valence-corrected chi connectivity index (χ0v) is 13.2. The molecule has 0 saturated carbocycles. The van der Waals surface area contributed by atoms with Crippen LogP contribution in [-0.2, 0) is 4.79 Å². The number of likely N-dealkylation sites (N-methyl/N-ethyl adjacent to an activating group) is 1. The first kappa shape index (κ1) is 16.0. The van der Waals surface area contributed by atoms with Gasteiger partial charge < -0.3 is 9.73 Å². The number of hydrogen-bond acceptors (Lipinski definition) is 3. The topological polar surface area (TPSA) is 45.5 Å². The van der Waals surface area contributed by atoms with Gasteiger partial charge in [-0.2, -0.15) is 0 Å². The van der Waals surface area contributed by atoms with Crippen LogP contribution in [0, 0.1) is 0 Å². The van der Waals surface area contributed by atoms with E-state index in [1.165, 1.54) is 0 Å². The maximum atomic E-state index is 12.2. The number of carbonyl (C=O) groups excluding carboxylic acids is 1. The van der Waals surface area contributed by atoms with E-state index in [-0.39, 0.29) is 11.9 Å². The quantitative estimate of drug-likeness (QED) is 0.834. The van der Waals surface area contributed by atoms with Gasteiger partial charge in [-0.15, -0.1) is 0 Å². The normalized spacial score (nSPS) is 13.2. The maximum Gasteiger partial charge on any atom is 0.247 e. The van der Waals surface area contributed by atoms with Gasteiger partial charge in [-0.05, 0) is 44.8 Å². The van der Waals surface area contributed by atoms with Gasteiger partial charge in [0.1, 0.15) is 5.76 Å². The third kappa shape index (κ3) is 4.33. The molecule has 1 atom stereocenters. The van der Waals surface area contributed by atoms with E-state index in [9.17, 15) is 4.79 Å². The Morgan fingerprint density at radius 2 is 1.95 bits per heavy atom. The Bertz CT molecular complexity index is 616. The van der Waals surface area contributed by atoms with Crippen molar-refractivity contribution in [2.75, 3.05) is 20.6 Å². The lowest BCUT2D eigenvalue weighted by molar-refractivity contribution is -0.117. The molecule has 0 fully saturated rings. The summed E-state index contributed by atoms with van der Waals surface area (Å²) in [5, 5.41) is 2.96. The minimum atomic E-state index is -0.0674. The van der Waals surface area contributed by atoms with Gasteiger partial charge >= 0.3 is 0 Å². The van der Waals surface area contributed by atoms with E-state index in [0.29, 0.717) is 12.1 Å². The minimum Gasteiger partial charge on any atom is -0.468 e. The first-order valence-electron chi connectivity index (χ1n) is 7.29. The fourth-order valence-electron chi connectivity index (χ4n) is 2.21. The van der Waals surface area contributed by atoms with Crippen molar-refractivity contribution in [3.63, 3.8) is 0 Å². The highest BCUT2D eigenvalue weighted by atomic mass is 16.3. The van der Waals surface area contributed by atoms with Crippen LogP contribution in [0.15, 0.2) is 58.7 Å². The Morgan fingerprint density at radius 1 is 1.23 bits per heavy atom. The van der Waals surface area contributed by atoms with Crippen molar-refractivity contribution in [1.29, 1.82) is 0 Å². The molecule has 0 spiro atoms. The molecular weight excluding hydrogens is 276 g/mol. The molecule has 1 unspecified atom stereocenters. The average Bonchev–Trinajstić information content (AvgIpc) is 3.02. The Balaban J connectivity index is 1.98. The molecule has 1 heterocycles. The summed E-state index contributed by atoms with van der Waals surface area (Å²) in [7, 11) is 3.93. The number of nitrogens with one attached hydrogen (secondary N) is 1. The molecule has 0 aliphatic heterocycles. The molecule has 2 aromatic rings. The Labute approximate surface area is 131 Å². The third-order valence-corrected chi connectivity index (χ3v) is 3.49. The largest absolute Gasteiger partial charge is 0.468 e. The summed E-state index contributed by atoms with van der Waals surface area (Å²) in [6.07, 6.45) is 3.53. The maximum absolute atomic E-state index is 12.2. The van der Waals surface area contributed by atoms with Crippen molar-refractivity contribution in [1.82, 2.24) is 10.2 Å². The lowest BCUT2D eigenvalue weighted by Crippen LogP contribution is -2.34. The number of carbonyl (C=O) groups is 1. The highest BCUT2D eigenvalue weighted by molar-refractivity contribution is 5.97. The predicted molar refractivity (Wildman–Crippen MR) is 88.2 cm³/mol. The highest BCUT2D eigenvalue weighted by Gasteiger charge is 2.18. The molecular formula is C18H22N2O2. The minimum absolute atomic E-state index is 0.0171. The zero-order valence-electron chi connectivity index (χ0n) is 13.2. The fourth-order valence-corrected chi connectivity index (χ4v) is 2.21. The van der Waals surface area contributed by atoms with Crippen LogP contribution in [-0.4, -0.2) is 31.4 Å². The third-order valence-electron chi connectivity index (χ3n) is 3.49. The number of amides is 1. The predicted octanol–water partition coefficient (Wildman–Crippen LogP) is 3.10. The van der Waals surface area contributed by atoms with Gasteiger partial charge in [0, 0.05) is 12.1 Å². The van der Waals surface area contributed by atoms with E-state index in [4.69, 9.17) is 4.42 Å². The molecule has 0 aliphatic rings. The van der Waals surface area contributed by atoms with E-state index in [0.717, 1.165) is 11.3 Å². The molecule has 0 saturated heterocycles. The number of hydrogen-bond donors (Lipinski definition) is 1. The smallest absolute Gasteiger partial charge is 0.247 e. The monoisotopic (exact) mass is 298 g/mol. The van der Waals surface area contributed by atoms with Crippen molar-refractivity contribution in [3.05, 3.63) is 65.6 Å². The lowest BCUT2D eigenvalue weighted by Gasteiger charge is -2.22. The summed E-state index contributed by atoms with van der Waals surface area (Å²) in [6.45, 7) is 2.32. The summed E-state index contributed by atoms with van der Waals surface area (Å²) in [6, 6.07) is 13.6. The van der Waals surface area contributed by atoms with Crippen LogP contribution in [0.1, 0.15) is 24.3 Å². The van der Waals surface area contributed by atoms with Crippen LogP contribution in [0.5, 0.6) is 0 Å². The molecule has 0 aliphatic carbocycles. The van der Waals surface area contributed by atoms with E-state index in [2.05, 4.69) is 5.32 Å². The van der Waals surface area contributed by atoms with Gasteiger partial charge in [0.15, 0.2) is 0 Å². The van der Waals surface area contributed by atoms with Gasteiger partial charge in [-0.1, -0.05) is 30.3 Å². The molecule has 0 radical (unpaired) electrons. The van der Waals surface area contributed by atoms with Gasteiger partial charge in [0.2, 0.25) is 5.91 Å². The summed E-state index contributed by atoms with van der Waals surface area (Å²) in [4.78, 5) is 14.2. The van der Waals surface area contributed by atoms with Crippen molar-refractivity contribution in [2.24, 2.45) is 0 Å². The van der Waals surface area contributed by atoms with E-state index < -0.39 is 0 Å². The molecule has 0 bridgehead atoms. The second-order valence-electron chi connectivity index (χ2n) is 5.44. The molecule has 1 amide bonds. The van der Waals surface area contributed by atoms with E-state index >= 15 is 0 Å². The molecule has 4 nitrogen and oxygen atoms in total. The summed E-state index contributed by atoms with van der Waals surface area (Å²) in [5.41, 5.74) is 1.70. The van der Waals surface area contributed by atoms with Crippen molar-refractivity contribution < 1.29 is 9.21 Å².